The first kappa shape index (κ1) is 20.7. The molecule has 0 saturated carbocycles. The second-order valence-corrected chi connectivity index (χ2v) is 8.15. The predicted molar refractivity (Wildman–Crippen MR) is 115 cm³/mol. The van der Waals surface area contributed by atoms with E-state index in [0.717, 1.165) is 24.5 Å². The van der Waals surface area contributed by atoms with Gasteiger partial charge in [0.1, 0.15) is 22.8 Å². The van der Waals surface area contributed by atoms with Crippen LogP contribution in [0.4, 0.5) is 0 Å². The lowest BCUT2D eigenvalue weighted by Gasteiger charge is -2.34. The molecule has 2 aromatic carbocycles. The summed E-state index contributed by atoms with van der Waals surface area (Å²) in [5.41, 5.74) is 2.17. The standard InChI is InChI=1S/C25H28O4/c1-15(2)18-11-9-16(3)13-19(18)23-21(27)14-22(28)24(25(23)29)20(26)12-10-17-7-5-4-6-8-17/h4-8,10,12-15,18-19,27-29H,9,11H2,1-3H3/b12-10+. The topological polar surface area (TPSA) is 77.8 Å². The minimum Gasteiger partial charge on any atom is -0.507 e. The third-order valence-corrected chi connectivity index (χ3v) is 5.76. The van der Waals surface area contributed by atoms with Gasteiger partial charge >= 0.3 is 0 Å². The number of rotatable bonds is 5. The molecular weight excluding hydrogens is 364 g/mol. The van der Waals surface area contributed by atoms with E-state index in [4.69, 9.17) is 0 Å². The van der Waals surface area contributed by atoms with Gasteiger partial charge < -0.3 is 15.3 Å². The summed E-state index contributed by atoms with van der Waals surface area (Å²) in [5.74, 6) is -1.12. The highest BCUT2D eigenvalue weighted by Crippen LogP contribution is 2.49. The summed E-state index contributed by atoms with van der Waals surface area (Å²) in [6.45, 7) is 6.28. The number of allylic oxidation sites excluding steroid dienone is 3. The lowest BCUT2D eigenvalue weighted by atomic mass is 9.71. The van der Waals surface area contributed by atoms with E-state index in [-0.39, 0.29) is 28.9 Å². The Bertz CT molecular complexity index is 955. The van der Waals surface area contributed by atoms with Crippen LogP contribution in [0.3, 0.4) is 0 Å². The lowest BCUT2D eigenvalue weighted by Crippen LogP contribution is -2.21. The third kappa shape index (κ3) is 4.37. The number of phenols is 3. The molecule has 1 aliphatic rings. The zero-order valence-corrected chi connectivity index (χ0v) is 17.1. The highest BCUT2D eigenvalue weighted by Gasteiger charge is 2.33. The lowest BCUT2D eigenvalue weighted by molar-refractivity contribution is 0.104. The van der Waals surface area contributed by atoms with Crippen molar-refractivity contribution < 1.29 is 20.1 Å². The van der Waals surface area contributed by atoms with Crippen LogP contribution >= 0.6 is 0 Å². The maximum Gasteiger partial charge on any atom is 0.193 e. The molecule has 2 unspecified atom stereocenters. The fraction of sp³-hybridized carbons (Fsp3) is 0.320. The van der Waals surface area contributed by atoms with Crippen LogP contribution in [-0.2, 0) is 0 Å². The first-order valence-electron chi connectivity index (χ1n) is 10.0. The highest BCUT2D eigenvalue weighted by atomic mass is 16.3. The van der Waals surface area contributed by atoms with Crippen molar-refractivity contribution in [2.75, 3.05) is 0 Å². The molecule has 0 radical (unpaired) electrons. The van der Waals surface area contributed by atoms with Crippen molar-refractivity contribution in [3.63, 3.8) is 0 Å². The van der Waals surface area contributed by atoms with Crippen LogP contribution in [0.25, 0.3) is 6.08 Å². The molecule has 1 aliphatic carbocycles. The third-order valence-electron chi connectivity index (χ3n) is 5.76. The second kappa shape index (κ2) is 8.56. The molecule has 0 fully saturated rings. The van der Waals surface area contributed by atoms with E-state index >= 15 is 0 Å². The quantitative estimate of drug-likeness (QED) is 0.342. The fourth-order valence-corrected chi connectivity index (χ4v) is 4.18. The van der Waals surface area contributed by atoms with Gasteiger partial charge in [-0.1, -0.05) is 61.9 Å². The van der Waals surface area contributed by atoms with Gasteiger partial charge in [0.05, 0.1) is 0 Å². The molecule has 0 aromatic heterocycles. The smallest absolute Gasteiger partial charge is 0.193 e. The Labute approximate surface area is 171 Å². The van der Waals surface area contributed by atoms with Gasteiger partial charge in [0.25, 0.3) is 0 Å². The Kier molecular flexibility index (Phi) is 6.12. The molecule has 0 heterocycles. The molecule has 2 atom stereocenters. The molecule has 29 heavy (non-hydrogen) atoms. The van der Waals surface area contributed by atoms with Crippen LogP contribution in [-0.4, -0.2) is 21.1 Å². The maximum atomic E-state index is 12.8. The SMILES string of the molecule is CC1=CC(c2c(O)cc(O)c(C(=O)/C=C/c3ccccc3)c2O)C(C(C)C)CC1. The fourth-order valence-electron chi connectivity index (χ4n) is 4.18. The largest absolute Gasteiger partial charge is 0.507 e. The Morgan fingerprint density at radius 1 is 1.10 bits per heavy atom. The zero-order chi connectivity index (χ0) is 21.1. The molecule has 4 heteroatoms. The van der Waals surface area contributed by atoms with Gasteiger partial charge in [-0.2, -0.15) is 0 Å². The van der Waals surface area contributed by atoms with Crippen LogP contribution < -0.4 is 0 Å². The zero-order valence-electron chi connectivity index (χ0n) is 17.1. The number of carbonyl (C=O) groups excluding carboxylic acids is 1. The molecule has 4 nitrogen and oxygen atoms in total. The Morgan fingerprint density at radius 2 is 1.79 bits per heavy atom. The molecule has 0 aliphatic heterocycles. The summed E-state index contributed by atoms with van der Waals surface area (Å²) >= 11 is 0. The van der Waals surface area contributed by atoms with Crippen LogP contribution in [0.2, 0.25) is 0 Å². The van der Waals surface area contributed by atoms with E-state index in [0.29, 0.717) is 11.5 Å². The average molecular weight is 392 g/mol. The first-order valence-corrected chi connectivity index (χ1v) is 10.0. The Balaban J connectivity index is 2.05. The molecule has 2 aromatic rings. The summed E-state index contributed by atoms with van der Waals surface area (Å²) in [6.07, 6.45) is 6.95. The van der Waals surface area contributed by atoms with E-state index < -0.39 is 11.5 Å². The number of phenolic OH excluding ortho intramolecular Hbond substituents is 3. The van der Waals surface area contributed by atoms with Crippen molar-refractivity contribution in [3.8, 4) is 17.2 Å². The van der Waals surface area contributed by atoms with E-state index in [9.17, 15) is 20.1 Å². The van der Waals surface area contributed by atoms with E-state index in [2.05, 4.69) is 19.9 Å². The molecule has 0 amide bonds. The van der Waals surface area contributed by atoms with Gasteiger partial charge in [-0.15, -0.1) is 0 Å². The molecule has 3 N–H and O–H groups in total. The Hall–Kier alpha value is -3.01. The monoisotopic (exact) mass is 392 g/mol. The molecular formula is C25H28O4. The van der Waals surface area contributed by atoms with E-state index in [1.165, 1.54) is 11.6 Å². The predicted octanol–water partition coefficient (Wildman–Crippen LogP) is 5.80. The summed E-state index contributed by atoms with van der Waals surface area (Å²) in [5, 5.41) is 31.8. The number of carbonyl (C=O) groups is 1. The Morgan fingerprint density at radius 3 is 2.45 bits per heavy atom. The van der Waals surface area contributed by atoms with Crippen molar-refractivity contribution in [3.05, 3.63) is 70.8 Å². The minimum absolute atomic E-state index is 0.177. The van der Waals surface area contributed by atoms with E-state index in [1.54, 1.807) is 6.08 Å². The van der Waals surface area contributed by atoms with Gasteiger partial charge in [-0.25, -0.2) is 0 Å². The minimum atomic E-state index is -0.511. The van der Waals surface area contributed by atoms with Crippen molar-refractivity contribution in [1.82, 2.24) is 0 Å². The first-order chi connectivity index (χ1) is 13.8. The summed E-state index contributed by atoms with van der Waals surface area (Å²) in [6, 6.07) is 10.5. The molecule has 0 bridgehead atoms. The maximum absolute atomic E-state index is 12.8. The van der Waals surface area contributed by atoms with Crippen LogP contribution in [0.5, 0.6) is 17.2 Å². The van der Waals surface area contributed by atoms with Gasteiger partial charge in [0.2, 0.25) is 0 Å². The number of hydrogen-bond acceptors (Lipinski definition) is 4. The highest BCUT2D eigenvalue weighted by molar-refractivity contribution is 6.11. The van der Waals surface area contributed by atoms with Crippen LogP contribution in [0.15, 0.2) is 54.1 Å². The van der Waals surface area contributed by atoms with Crippen molar-refractivity contribution in [1.29, 1.82) is 0 Å². The molecule has 0 saturated heterocycles. The van der Waals surface area contributed by atoms with Crippen LogP contribution in [0.1, 0.15) is 61.0 Å². The normalized spacial score (nSPS) is 19.5. The molecule has 152 valence electrons. The number of hydrogen-bond donors (Lipinski definition) is 3. The van der Waals surface area contributed by atoms with Gasteiger partial charge in [-0.3, -0.25) is 4.79 Å². The van der Waals surface area contributed by atoms with Gasteiger partial charge in [0.15, 0.2) is 5.78 Å². The average Bonchev–Trinajstić information content (AvgIpc) is 2.66. The molecule has 3 rings (SSSR count). The van der Waals surface area contributed by atoms with Crippen molar-refractivity contribution in [2.24, 2.45) is 11.8 Å². The van der Waals surface area contributed by atoms with E-state index in [1.807, 2.05) is 37.3 Å². The second-order valence-electron chi connectivity index (χ2n) is 8.15. The summed E-state index contributed by atoms with van der Waals surface area (Å²) < 4.78 is 0. The van der Waals surface area contributed by atoms with Crippen molar-refractivity contribution >= 4 is 11.9 Å². The number of aromatic hydroxyl groups is 3. The number of ketones is 1. The molecule has 0 spiro atoms. The van der Waals surface area contributed by atoms with Gasteiger partial charge in [-0.05, 0) is 43.2 Å². The van der Waals surface area contributed by atoms with Gasteiger partial charge in [0, 0.05) is 17.5 Å². The van der Waals surface area contributed by atoms with Crippen molar-refractivity contribution in [2.45, 2.75) is 39.5 Å². The van der Waals surface area contributed by atoms with Crippen LogP contribution in [0, 0.1) is 11.8 Å². The summed E-state index contributed by atoms with van der Waals surface area (Å²) in [7, 11) is 0. The summed E-state index contributed by atoms with van der Waals surface area (Å²) in [4.78, 5) is 12.8. The number of benzene rings is 2.